The Bertz CT molecular complexity index is 638. The minimum Gasteiger partial charge on any atom is -0.303 e. The number of benzene rings is 2. The first-order valence-electron chi connectivity index (χ1n) is 6.82. The quantitative estimate of drug-likeness (QED) is 0.937. The van der Waals surface area contributed by atoms with E-state index in [1.165, 1.54) is 5.56 Å². The van der Waals surface area contributed by atoms with Gasteiger partial charge in [-0.2, -0.15) is 0 Å². The largest absolute Gasteiger partial charge is 0.303 e. The molecule has 2 aromatic carbocycles. The van der Waals surface area contributed by atoms with E-state index in [-0.39, 0.29) is 11.8 Å². The number of fused-ring (bicyclic) bond motifs is 1. The summed E-state index contributed by atoms with van der Waals surface area (Å²) in [5, 5.41) is 4.00. The van der Waals surface area contributed by atoms with Gasteiger partial charge in [0.15, 0.2) is 5.78 Å². The monoisotopic (exact) mass is 285 g/mol. The fourth-order valence-electron chi connectivity index (χ4n) is 2.74. The molecular weight excluding hydrogens is 270 g/mol. The first-order chi connectivity index (χ1) is 9.74. The van der Waals surface area contributed by atoms with Gasteiger partial charge in [-0.25, -0.2) is 0 Å². The van der Waals surface area contributed by atoms with Crippen LogP contribution in [0.2, 0.25) is 5.02 Å². The molecule has 1 aliphatic rings. The van der Waals surface area contributed by atoms with Crippen molar-refractivity contribution in [2.45, 2.75) is 18.9 Å². The van der Waals surface area contributed by atoms with Crippen LogP contribution in [-0.2, 0) is 17.6 Å². The fourth-order valence-corrected chi connectivity index (χ4v) is 2.95. The number of rotatable bonds is 3. The summed E-state index contributed by atoms with van der Waals surface area (Å²) in [6.07, 6.45) is 1.39. The molecule has 0 amide bonds. The molecule has 0 saturated heterocycles. The average molecular weight is 286 g/mol. The van der Waals surface area contributed by atoms with Crippen molar-refractivity contribution in [2.24, 2.45) is 0 Å². The van der Waals surface area contributed by atoms with Gasteiger partial charge >= 0.3 is 0 Å². The molecule has 0 radical (unpaired) electrons. The lowest BCUT2D eigenvalue weighted by molar-refractivity contribution is -0.120. The normalized spacial score (nSPS) is 17.6. The maximum Gasteiger partial charge on any atom is 0.158 e. The molecule has 0 fully saturated rings. The van der Waals surface area contributed by atoms with Gasteiger partial charge in [-0.05, 0) is 35.2 Å². The Morgan fingerprint density at radius 1 is 1.20 bits per heavy atom. The summed E-state index contributed by atoms with van der Waals surface area (Å²) in [6.45, 7) is 0.850. The highest BCUT2D eigenvalue weighted by Crippen LogP contribution is 2.24. The van der Waals surface area contributed by atoms with E-state index in [0.29, 0.717) is 11.4 Å². The van der Waals surface area contributed by atoms with E-state index in [2.05, 4.69) is 11.4 Å². The van der Waals surface area contributed by atoms with E-state index in [4.69, 9.17) is 11.6 Å². The molecule has 0 aromatic heterocycles. The number of Topliss-reactive ketones (excluding diaryl/α,β-unsaturated/α-hetero) is 1. The number of hydrogen-bond acceptors (Lipinski definition) is 2. The fraction of sp³-hybridized carbons (Fsp3) is 0.235. The third-order valence-electron chi connectivity index (χ3n) is 3.70. The summed E-state index contributed by atoms with van der Waals surface area (Å²) in [4.78, 5) is 12.5. The number of ketones is 1. The number of hydrogen-bond donors (Lipinski definition) is 1. The van der Waals surface area contributed by atoms with Gasteiger partial charge in [0, 0.05) is 18.0 Å². The van der Waals surface area contributed by atoms with Crippen LogP contribution in [0.1, 0.15) is 22.7 Å². The first kappa shape index (κ1) is 13.3. The van der Waals surface area contributed by atoms with Crippen LogP contribution in [0.5, 0.6) is 0 Å². The zero-order valence-electron chi connectivity index (χ0n) is 11.1. The highest BCUT2D eigenvalue weighted by Gasteiger charge is 2.25. The lowest BCUT2D eigenvalue weighted by Crippen LogP contribution is -2.35. The van der Waals surface area contributed by atoms with Crippen LogP contribution in [0.3, 0.4) is 0 Å². The highest BCUT2D eigenvalue weighted by atomic mass is 35.5. The SMILES string of the molecule is O=C(Cc1cccc(Cl)c1)C1NCCc2ccccc21. The van der Waals surface area contributed by atoms with Gasteiger partial charge < -0.3 is 5.32 Å². The smallest absolute Gasteiger partial charge is 0.158 e. The van der Waals surface area contributed by atoms with Crippen molar-refractivity contribution in [3.63, 3.8) is 0 Å². The molecule has 0 aliphatic carbocycles. The molecule has 1 unspecified atom stereocenters. The second-order valence-electron chi connectivity index (χ2n) is 5.11. The summed E-state index contributed by atoms with van der Waals surface area (Å²) < 4.78 is 0. The second kappa shape index (κ2) is 5.78. The molecule has 2 aromatic rings. The minimum atomic E-state index is -0.195. The van der Waals surface area contributed by atoms with Crippen LogP contribution in [-0.4, -0.2) is 12.3 Å². The Morgan fingerprint density at radius 2 is 2.05 bits per heavy atom. The molecule has 3 rings (SSSR count). The summed E-state index contributed by atoms with van der Waals surface area (Å²) in [5.41, 5.74) is 3.36. The van der Waals surface area contributed by atoms with Crippen LogP contribution in [0, 0.1) is 0 Å². The lowest BCUT2D eigenvalue weighted by Gasteiger charge is -2.25. The van der Waals surface area contributed by atoms with E-state index in [1.807, 2.05) is 42.5 Å². The molecule has 102 valence electrons. The standard InChI is InChI=1S/C17H16ClNO/c18-14-6-3-4-12(10-14)11-16(20)17-15-7-2-1-5-13(15)8-9-19-17/h1-7,10,17,19H,8-9,11H2. The van der Waals surface area contributed by atoms with Crippen LogP contribution in [0.25, 0.3) is 0 Å². The van der Waals surface area contributed by atoms with Gasteiger partial charge in [-0.3, -0.25) is 4.79 Å². The Kier molecular flexibility index (Phi) is 3.86. The number of nitrogens with one attached hydrogen (secondary N) is 1. The highest BCUT2D eigenvalue weighted by molar-refractivity contribution is 6.30. The number of carbonyl (C=O) groups is 1. The van der Waals surface area contributed by atoms with Crippen molar-refractivity contribution in [1.29, 1.82) is 0 Å². The van der Waals surface area contributed by atoms with Crippen molar-refractivity contribution >= 4 is 17.4 Å². The summed E-state index contributed by atoms with van der Waals surface area (Å²) in [5.74, 6) is 0.194. The van der Waals surface area contributed by atoms with Crippen molar-refractivity contribution in [3.8, 4) is 0 Å². The van der Waals surface area contributed by atoms with Crippen molar-refractivity contribution in [2.75, 3.05) is 6.54 Å². The minimum absolute atomic E-state index is 0.194. The second-order valence-corrected chi connectivity index (χ2v) is 5.55. The molecule has 3 heteroatoms. The van der Waals surface area contributed by atoms with E-state index in [0.717, 1.165) is 24.1 Å². The maximum absolute atomic E-state index is 12.5. The number of halogens is 1. The molecule has 0 saturated carbocycles. The van der Waals surface area contributed by atoms with Gasteiger partial charge in [-0.1, -0.05) is 48.0 Å². The van der Waals surface area contributed by atoms with E-state index in [9.17, 15) is 4.79 Å². The summed E-state index contributed by atoms with van der Waals surface area (Å²) >= 11 is 5.97. The predicted octanol–water partition coefficient (Wildman–Crippen LogP) is 3.34. The zero-order valence-corrected chi connectivity index (χ0v) is 11.9. The topological polar surface area (TPSA) is 29.1 Å². The van der Waals surface area contributed by atoms with Gasteiger partial charge in [0.25, 0.3) is 0 Å². The van der Waals surface area contributed by atoms with Gasteiger partial charge in [-0.15, -0.1) is 0 Å². The zero-order chi connectivity index (χ0) is 13.9. The molecule has 1 aliphatic heterocycles. The van der Waals surface area contributed by atoms with Gasteiger partial charge in [0.2, 0.25) is 0 Å². The molecular formula is C17H16ClNO. The van der Waals surface area contributed by atoms with Gasteiger partial charge in [0.1, 0.15) is 0 Å². The third-order valence-corrected chi connectivity index (χ3v) is 3.93. The van der Waals surface area contributed by atoms with Crippen molar-refractivity contribution < 1.29 is 4.79 Å². The Balaban J connectivity index is 1.82. The molecule has 0 spiro atoms. The van der Waals surface area contributed by atoms with Crippen LogP contribution < -0.4 is 5.32 Å². The first-order valence-corrected chi connectivity index (χ1v) is 7.20. The summed E-state index contributed by atoms with van der Waals surface area (Å²) in [6, 6.07) is 15.5. The van der Waals surface area contributed by atoms with Crippen LogP contribution in [0.15, 0.2) is 48.5 Å². The Morgan fingerprint density at radius 3 is 2.90 bits per heavy atom. The Hall–Kier alpha value is -1.64. The lowest BCUT2D eigenvalue weighted by atomic mass is 9.90. The molecule has 1 atom stereocenters. The number of carbonyl (C=O) groups excluding carboxylic acids is 1. The van der Waals surface area contributed by atoms with Gasteiger partial charge in [0.05, 0.1) is 6.04 Å². The average Bonchev–Trinajstić information content (AvgIpc) is 2.46. The van der Waals surface area contributed by atoms with E-state index < -0.39 is 0 Å². The Labute approximate surface area is 123 Å². The van der Waals surface area contributed by atoms with Crippen LogP contribution >= 0.6 is 11.6 Å². The molecule has 1 heterocycles. The van der Waals surface area contributed by atoms with Crippen LogP contribution in [0.4, 0.5) is 0 Å². The molecule has 1 N–H and O–H groups in total. The predicted molar refractivity (Wildman–Crippen MR) is 81.1 cm³/mol. The maximum atomic E-state index is 12.5. The molecule has 20 heavy (non-hydrogen) atoms. The van der Waals surface area contributed by atoms with E-state index in [1.54, 1.807) is 0 Å². The molecule has 0 bridgehead atoms. The molecule has 2 nitrogen and oxygen atoms in total. The summed E-state index contributed by atoms with van der Waals surface area (Å²) in [7, 11) is 0. The van der Waals surface area contributed by atoms with Crippen molar-refractivity contribution in [3.05, 3.63) is 70.2 Å². The third kappa shape index (κ3) is 2.77. The van der Waals surface area contributed by atoms with Crippen molar-refractivity contribution in [1.82, 2.24) is 5.32 Å². The van der Waals surface area contributed by atoms with E-state index >= 15 is 0 Å².